The van der Waals surface area contributed by atoms with E-state index in [1.54, 1.807) is 25.6 Å². The molecule has 43 heavy (non-hydrogen) atoms. The van der Waals surface area contributed by atoms with Gasteiger partial charge >= 0.3 is 0 Å². The SMILES string of the molecule is CCC(CC(=O)NCC(OC)OC)OCCc1cccc(CCN2CC3(C2)CN(C(=O)c2csc(C(C)C)n2)CCO3)c1. The second-order valence-corrected chi connectivity index (χ2v) is 12.7. The number of morpholine rings is 1. The number of amides is 2. The summed E-state index contributed by atoms with van der Waals surface area (Å²) in [4.78, 5) is 34.3. The fraction of sp³-hybridized carbons (Fsp3) is 0.656. The van der Waals surface area contributed by atoms with Gasteiger partial charge in [0.1, 0.15) is 11.3 Å². The highest BCUT2D eigenvalue weighted by Crippen LogP contribution is 2.30. The molecule has 1 aromatic carbocycles. The lowest BCUT2D eigenvalue weighted by molar-refractivity contribution is -0.176. The third kappa shape index (κ3) is 9.54. The van der Waals surface area contributed by atoms with Gasteiger partial charge in [-0.05, 0) is 30.4 Å². The summed E-state index contributed by atoms with van der Waals surface area (Å²) in [7, 11) is 3.09. The fourth-order valence-corrected chi connectivity index (χ4v) is 6.39. The number of thiazole rings is 1. The molecule has 238 valence electrons. The van der Waals surface area contributed by atoms with Crippen molar-refractivity contribution in [3.05, 3.63) is 51.5 Å². The smallest absolute Gasteiger partial charge is 0.273 e. The van der Waals surface area contributed by atoms with Crippen LogP contribution in [0, 0.1) is 0 Å². The van der Waals surface area contributed by atoms with Crippen LogP contribution in [0.5, 0.6) is 0 Å². The number of hydrogen-bond acceptors (Lipinski definition) is 9. The molecule has 4 rings (SSSR count). The second-order valence-electron chi connectivity index (χ2n) is 11.8. The predicted molar refractivity (Wildman–Crippen MR) is 167 cm³/mol. The Morgan fingerprint density at radius 2 is 1.88 bits per heavy atom. The van der Waals surface area contributed by atoms with Crippen molar-refractivity contribution in [1.82, 2.24) is 20.1 Å². The topological polar surface area (TPSA) is 102 Å². The first-order chi connectivity index (χ1) is 20.7. The van der Waals surface area contributed by atoms with Crippen LogP contribution in [0.1, 0.15) is 66.2 Å². The molecule has 1 atom stereocenters. The van der Waals surface area contributed by atoms with Crippen molar-refractivity contribution in [2.45, 2.75) is 70.4 Å². The lowest BCUT2D eigenvalue weighted by Crippen LogP contribution is -2.70. The van der Waals surface area contributed by atoms with Gasteiger partial charge in [0.2, 0.25) is 5.91 Å². The molecule has 0 bridgehead atoms. The maximum absolute atomic E-state index is 13.1. The summed E-state index contributed by atoms with van der Waals surface area (Å²) < 4.78 is 22.5. The van der Waals surface area contributed by atoms with Crippen LogP contribution in [0.15, 0.2) is 29.6 Å². The average Bonchev–Trinajstić information content (AvgIpc) is 3.50. The fourth-order valence-electron chi connectivity index (χ4n) is 5.58. The molecule has 0 saturated carbocycles. The number of carbonyl (C=O) groups is 2. The van der Waals surface area contributed by atoms with Gasteiger partial charge in [-0.1, -0.05) is 45.0 Å². The molecule has 0 aliphatic carbocycles. The maximum Gasteiger partial charge on any atom is 0.273 e. The predicted octanol–water partition coefficient (Wildman–Crippen LogP) is 3.50. The minimum absolute atomic E-state index is 0.0147. The zero-order chi connectivity index (χ0) is 30.8. The van der Waals surface area contributed by atoms with E-state index in [4.69, 9.17) is 18.9 Å². The number of likely N-dealkylation sites (tertiary alicyclic amines) is 1. The van der Waals surface area contributed by atoms with Crippen molar-refractivity contribution >= 4 is 23.2 Å². The van der Waals surface area contributed by atoms with Crippen LogP contribution in [0.3, 0.4) is 0 Å². The van der Waals surface area contributed by atoms with E-state index >= 15 is 0 Å². The highest BCUT2D eigenvalue weighted by atomic mass is 32.1. The summed E-state index contributed by atoms with van der Waals surface area (Å²) in [6, 6.07) is 8.65. The Morgan fingerprint density at radius 3 is 2.56 bits per heavy atom. The van der Waals surface area contributed by atoms with E-state index in [2.05, 4.69) is 53.3 Å². The Labute approximate surface area is 260 Å². The first kappa shape index (κ1) is 33.5. The van der Waals surface area contributed by atoms with Crippen LogP contribution in [-0.4, -0.2) is 111 Å². The van der Waals surface area contributed by atoms with Gasteiger partial charge in [-0.2, -0.15) is 0 Å². The first-order valence-corrected chi connectivity index (χ1v) is 16.2. The Bertz CT molecular complexity index is 1180. The molecule has 10 nitrogen and oxygen atoms in total. The molecule has 1 spiro atoms. The maximum atomic E-state index is 13.1. The summed E-state index contributed by atoms with van der Waals surface area (Å²) >= 11 is 1.56. The number of ether oxygens (including phenoxy) is 4. The van der Waals surface area contributed by atoms with Gasteiger partial charge in [0, 0.05) is 51.7 Å². The zero-order valence-electron chi connectivity index (χ0n) is 26.3. The molecule has 1 unspecified atom stereocenters. The normalized spacial score (nSPS) is 17.4. The van der Waals surface area contributed by atoms with Crippen molar-refractivity contribution < 1.29 is 28.5 Å². The number of benzene rings is 1. The summed E-state index contributed by atoms with van der Waals surface area (Å²) in [5.74, 6) is 0.270. The number of rotatable bonds is 16. The second kappa shape index (κ2) is 16.1. The van der Waals surface area contributed by atoms with Gasteiger partial charge < -0.3 is 29.2 Å². The number of nitrogens with one attached hydrogen (secondary N) is 1. The Kier molecular flexibility index (Phi) is 12.5. The minimum Gasteiger partial charge on any atom is -0.377 e. The Balaban J connectivity index is 1.17. The van der Waals surface area contributed by atoms with Crippen LogP contribution < -0.4 is 5.32 Å². The molecular formula is C32H48N4O6S. The van der Waals surface area contributed by atoms with E-state index < -0.39 is 6.29 Å². The van der Waals surface area contributed by atoms with Gasteiger partial charge in [-0.25, -0.2) is 4.98 Å². The standard InChI is InChI=1S/C32H48N4O6S/c1-6-26(17-28(37)33-18-29(39-4)40-5)41-14-11-25-9-7-8-24(16-25)10-12-35-20-32(21-35)22-36(13-15-42-32)31(38)27-19-43-30(34-27)23(2)3/h7-9,16,19,23,26,29H,6,10-15,17-18,20-22H2,1-5H3,(H,33,37). The summed E-state index contributed by atoms with van der Waals surface area (Å²) in [5, 5.41) is 5.72. The molecule has 1 aromatic heterocycles. The van der Waals surface area contributed by atoms with E-state index in [1.165, 1.54) is 11.1 Å². The summed E-state index contributed by atoms with van der Waals surface area (Å²) in [5.41, 5.74) is 2.81. The van der Waals surface area contributed by atoms with Gasteiger partial charge in [-0.3, -0.25) is 14.5 Å². The zero-order valence-corrected chi connectivity index (χ0v) is 27.1. The molecule has 2 aromatic rings. The quantitative estimate of drug-likeness (QED) is 0.286. The lowest BCUT2D eigenvalue weighted by Gasteiger charge is -2.54. The molecule has 11 heteroatoms. The summed E-state index contributed by atoms with van der Waals surface area (Å²) in [6.45, 7) is 11.5. The van der Waals surface area contributed by atoms with Crippen LogP contribution in [-0.2, 0) is 36.6 Å². The van der Waals surface area contributed by atoms with Crippen molar-refractivity contribution in [3.8, 4) is 0 Å². The van der Waals surface area contributed by atoms with Crippen LogP contribution >= 0.6 is 11.3 Å². The molecule has 2 amide bonds. The third-order valence-corrected chi connectivity index (χ3v) is 9.25. The first-order valence-electron chi connectivity index (χ1n) is 15.4. The van der Waals surface area contributed by atoms with E-state index in [0.29, 0.717) is 50.9 Å². The highest BCUT2D eigenvalue weighted by Gasteiger charge is 2.48. The van der Waals surface area contributed by atoms with E-state index in [-0.39, 0.29) is 23.5 Å². The molecular weight excluding hydrogens is 568 g/mol. The van der Waals surface area contributed by atoms with Gasteiger partial charge in [0.05, 0.1) is 43.8 Å². The van der Waals surface area contributed by atoms with E-state index in [0.717, 1.165) is 43.9 Å². The molecule has 1 N–H and O–H groups in total. The molecule has 2 saturated heterocycles. The monoisotopic (exact) mass is 616 g/mol. The molecule has 2 fully saturated rings. The largest absolute Gasteiger partial charge is 0.377 e. The van der Waals surface area contributed by atoms with Crippen molar-refractivity contribution in [1.29, 1.82) is 0 Å². The molecule has 2 aliphatic rings. The molecule has 2 aliphatic heterocycles. The Morgan fingerprint density at radius 1 is 1.14 bits per heavy atom. The van der Waals surface area contributed by atoms with Gasteiger partial charge in [0.25, 0.3) is 5.91 Å². The number of aromatic nitrogens is 1. The third-order valence-electron chi connectivity index (χ3n) is 8.11. The average molecular weight is 617 g/mol. The van der Waals surface area contributed by atoms with Crippen molar-refractivity contribution in [2.24, 2.45) is 0 Å². The van der Waals surface area contributed by atoms with Crippen LogP contribution in [0.25, 0.3) is 0 Å². The van der Waals surface area contributed by atoms with Crippen molar-refractivity contribution in [3.63, 3.8) is 0 Å². The van der Waals surface area contributed by atoms with Gasteiger partial charge in [-0.15, -0.1) is 11.3 Å². The van der Waals surface area contributed by atoms with Crippen LogP contribution in [0.2, 0.25) is 0 Å². The lowest BCUT2D eigenvalue weighted by atomic mass is 9.91. The van der Waals surface area contributed by atoms with Crippen molar-refractivity contribution in [2.75, 3.05) is 66.7 Å². The van der Waals surface area contributed by atoms with Gasteiger partial charge in [0.15, 0.2) is 6.29 Å². The molecule has 3 heterocycles. The number of carbonyl (C=O) groups excluding carboxylic acids is 2. The number of nitrogens with zero attached hydrogens (tertiary/aromatic N) is 3. The highest BCUT2D eigenvalue weighted by molar-refractivity contribution is 7.09. The summed E-state index contributed by atoms with van der Waals surface area (Å²) in [6.07, 6.45) is 2.25. The van der Waals surface area contributed by atoms with Crippen LogP contribution in [0.4, 0.5) is 0 Å². The van der Waals surface area contributed by atoms with E-state index in [9.17, 15) is 9.59 Å². The Hall–Kier alpha value is -2.41. The molecule has 0 radical (unpaired) electrons. The van der Waals surface area contributed by atoms with E-state index in [1.807, 2.05) is 17.2 Å². The number of hydrogen-bond donors (Lipinski definition) is 1. The number of methoxy groups -OCH3 is 2. The minimum atomic E-state index is -0.450.